The van der Waals surface area contributed by atoms with Gasteiger partial charge in [-0.1, -0.05) is 12.1 Å². The van der Waals surface area contributed by atoms with E-state index in [-0.39, 0.29) is 5.16 Å². The first-order valence-corrected chi connectivity index (χ1v) is 11.5. The zero-order valence-electron chi connectivity index (χ0n) is 15.6. The van der Waals surface area contributed by atoms with Gasteiger partial charge in [0.2, 0.25) is 15.0 Å². The van der Waals surface area contributed by atoms with Gasteiger partial charge in [0.05, 0.1) is 18.4 Å². The molecule has 0 amide bonds. The van der Waals surface area contributed by atoms with Crippen LogP contribution in [-0.2, 0) is 29.3 Å². The molecule has 0 N–H and O–H groups in total. The predicted molar refractivity (Wildman–Crippen MR) is 107 cm³/mol. The average molecular weight is 417 g/mol. The highest BCUT2D eigenvalue weighted by atomic mass is 32.2. The number of nitrogens with zero attached hydrogens (tertiary/aromatic N) is 4. The summed E-state index contributed by atoms with van der Waals surface area (Å²) in [5, 5.41) is 0.842. The van der Waals surface area contributed by atoms with E-state index in [0.717, 1.165) is 51.8 Å². The fraction of sp³-hybridized carbons (Fsp3) is 0.316. The zero-order valence-corrected chi connectivity index (χ0v) is 17.3. The van der Waals surface area contributed by atoms with Gasteiger partial charge in [-0.3, -0.25) is 4.90 Å². The van der Waals surface area contributed by atoms with Crippen molar-refractivity contribution in [3.05, 3.63) is 52.8 Å². The van der Waals surface area contributed by atoms with Crippen LogP contribution in [-0.4, -0.2) is 48.2 Å². The first-order valence-electron chi connectivity index (χ1n) is 8.79. The van der Waals surface area contributed by atoms with Gasteiger partial charge in [0.25, 0.3) is 0 Å². The molecule has 28 heavy (non-hydrogen) atoms. The quantitative estimate of drug-likeness (QED) is 0.591. The van der Waals surface area contributed by atoms with Gasteiger partial charge in [0, 0.05) is 55.1 Å². The first-order chi connectivity index (χ1) is 13.4. The molecular weight excluding hydrogens is 396 g/mol. The minimum atomic E-state index is -3.38. The molecule has 2 aromatic heterocycles. The van der Waals surface area contributed by atoms with Crippen LogP contribution in [0.5, 0.6) is 5.75 Å². The third-order valence-electron chi connectivity index (χ3n) is 4.59. The van der Waals surface area contributed by atoms with E-state index in [1.165, 1.54) is 0 Å². The van der Waals surface area contributed by atoms with Crippen LogP contribution in [0.1, 0.15) is 16.1 Å². The normalized spacial score (nSPS) is 14.6. The number of methoxy groups -OCH3 is 1. The Morgan fingerprint density at radius 2 is 2.04 bits per heavy atom. The number of ether oxygens (including phenoxy) is 1. The second-order valence-electron chi connectivity index (χ2n) is 6.69. The number of sulfone groups is 1. The maximum absolute atomic E-state index is 11.6. The van der Waals surface area contributed by atoms with Gasteiger partial charge in [-0.25, -0.2) is 23.4 Å². The Bertz CT molecular complexity index is 1110. The molecule has 0 saturated carbocycles. The number of para-hydroxylation sites is 1. The van der Waals surface area contributed by atoms with Crippen molar-refractivity contribution in [2.75, 3.05) is 19.9 Å². The van der Waals surface area contributed by atoms with E-state index in [0.29, 0.717) is 13.0 Å². The van der Waals surface area contributed by atoms with Gasteiger partial charge in [-0.15, -0.1) is 11.3 Å². The van der Waals surface area contributed by atoms with Gasteiger partial charge in [0.15, 0.2) is 0 Å². The lowest BCUT2D eigenvalue weighted by Gasteiger charge is -2.27. The third kappa shape index (κ3) is 3.91. The molecule has 9 heteroatoms. The Morgan fingerprint density at radius 1 is 1.21 bits per heavy atom. The molecule has 1 aliphatic rings. The molecule has 0 fully saturated rings. The van der Waals surface area contributed by atoms with E-state index in [4.69, 9.17) is 4.74 Å². The second-order valence-corrected chi connectivity index (χ2v) is 9.71. The summed E-state index contributed by atoms with van der Waals surface area (Å²) in [6.07, 6.45) is 5.38. The van der Waals surface area contributed by atoms with Crippen molar-refractivity contribution in [1.82, 2.24) is 19.9 Å². The summed E-state index contributed by atoms with van der Waals surface area (Å²) < 4.78 is 28.7. The van der Waals surface area contributed by atoms with Gasteiger partial charge in [-0.05, 0) is 12.1 Å². The Balaban J connectivity index is 1.49. The molecule has 7 nitrogen and oxygen atoms in total. The summed E-state index contributed by atoms with van der Waals surface area (Å²) in [5.74, 6) is 0.814. The Hall–Kier alpha value is -2.36. The summed E-state index contributed by atoms with van der Waals surface area (Å²) in [7, 11) is -1.72. The van der Waals surface area contributed by atoms with Crippen molar-refractivity contribution in [1.29, 1.82) is 0 Å². The van der Waals surface area contributed by atoms with E-state index in [9.17, 15) is 8.42 Å². The first kappa shape index (κ1) is 19.0. The summed E-state index contributed by atoms with van der Waals surface area (Å²) in [4.78, 5) is 16.3. The van der Waals surface area contributed by atoms with Crippen LogP contribution >= 0.6 is 11.3 Å². The monoisotopic (exact) mass is 416 g/mol. The molecule has 0 bridgehead atoms. The van der Waals surface area contributed by atoms with E-state index >= 15 is 0 Å². The molecular formula is C19H20N4O3S2. The van der Waals surface area contributed by atoms with Crippen LogP contribution in [0, 0.1) is 0 Å². The summed E-state index contributed by atoms with van der Waals surface area (Å²) >= 11 is 1.65. The van der Waals surface area contributed by atoms with Crippen molar-refractivity contribution in [3.8, 4) is 16.3 Å². The van der Waals surface area contributed by atoms with Crippen LogP contribution in [0.3, 0.4) is 0 Å². The second kappa shape index (κ2) is 7.57. The fourth-order valence-corrected chi connectivity index (χ4v) is 4.72. The number of fused-ring (bicyclic) bond motifs is 1. The molecule has 0 unspecified atom stereocenters. The topological polar surface area (TPSA) is 85.3 Å². The molecule has 1 aromatic carbocycles. The minimum Gasteiger partial charge on any atom is -0.496 e. The molecule has 0 aliphatic carbocycles. The maximum atomic E-state index is 11.6. The molecule has 146 valence electrons. The highest BCUT2D eigenvalue weighted by molar-refractivity contribution is 7.90. The summed E-state index contributed by atoms with van der Waals surface area (Å²) in [6.45, 7) is 2.29. The minimum absolute atomic E-state index is 0.0939. The molecule has 0 spiro atoms. The molecule has 3 heterocycles. The molecule has 1 aliphatic heterocycles. The Labute approximate surface area is 168 Å². The van der Waals surface area contributed by atoms with Gasteiger partial charge in [0.1, 0.15) is 10.8 Å². The zero-order chi connectivity index (χ0) is 19.7. The highest BCUT2D eigenvalue weighted by Gasteiger charge is 2.22. The summed E-state index contributed by atoms with van der Waals surface area (Å²) in [5.41, 5.74) is 2.80. The molecule has 0 radical (unpaired) electrons. The number of hydrogen-bond donors (Lipinski definition) is 0. The van der Waals surface area contributed by atoms with Crippen LogP contribution in [0.15, 0.2) is 41.8 Å². The van der Waals surface area contributed by atoms with Gasteiger partial charge in [-0.2, -0.15) is 0 Å². The lowest BCUT2D eigenvalue weighted by atomic mass is 10.1. The molecule has 0 saturated heterocycles. The van der Waals surface area contributed by atoms with E-state index in [2.05, 4.69) is 19.9 Å². The van der Waals surface area contributed by atoms with Crippen molar-refractivity contribution < 1.29 is 13.2 Å². The molecule has 4 rings (SSSR count). The van der Waals surface area contributed by atoms with Gasteiger partial charge >= 0.3 is 0 Å². The number of thiazole rings is 1. The van der Waals surface area contributed by atoms with Crippen molar-refractivity contribution in [3.63, 3.8) is 0 Å². The SMILES string of the molecule is COc1ccccc1-c1ncc(CN2CCc3nc(S(C)(=O)=O)ncc3C2)s1. The van der Waals surface area contributed by atoms with E-state index in [1.54, 1.807) is 24.6 Å². The Morgan fingerprint density at radius 3 is 2.82 bits per heavy atom. The van der Waals surface area contributed by atoms with Crippen LogP contribution in [0.2, 0.25) is 0 Å². The van der Waals surface area contributed by atoms with E-state index in [1.807, 2.05) is 30.5 Å². The lowest BCUT2D eigenvalue weighted by molar-refractivity contribution is 0.244. The highest BCUT2D eigenvalue weighted by Crippen LogP contribution is 2.33. The number of aromatic nitrogens is 3. The smallest absolute Gasteiger partial charge is 0.246 e. The lowest BCUT2D eigenvalue weighted by Crippen LogP contribution is -2.31. The largest absolute Gasteiger partial charge is 0.496 e. The standard InChI is InChI=1S/C19H20N4O3S2/c1-26-17-6-4-3-5-15(17)18-20-10-14(27-18)12-23-8-7-16-13(11-23)9-21-19(22-16)28(2,24)25/h3-6,9-10H,7-8,11-12H2,1-2H3. The van der Waals surface area contributed by atoms with Crippen molar-refractivity contribution in [2.24, 2.45) is 0 Å². The third-order valence-corrected chi connectivity index (χ3v) is 6.47. The molecule has 0 atom stereocenters. The molecule has 3 aromatic rings. The number of benzene rings is 1. The van der Waals surface area contributed by atoms with Crippen molar-refractivity contribution >= 4 is 21.2 Å². The number of rotatable bonds is 5. The predicted octanol–water partition coefficient (Wildman–Crippen LogP) is 2.57. The van der Waals surface area contributed by atoms with Gasteiger partial charge < -0.3 is 4.74 Å². The maximum Gasteiger partial charge on any atom is 0.246 e. The number of hydrogen-bond acceptors (Lipinski definition) is 8. The summed E-state index contributed by atoms with van der Waals surface area (Å²) in [6, 6.07) is 7.86. The average Bonchev–Trinajstić information content (AvgIpc) is 3.15. The van der Waals surface area contributed by atoms with Crippen molar-refractivity contribution in [2.45, 2.75) is 24.7 Å². The Kier molecular flexibility index (Phi) is 5.13. The van der Waals surface area contributed by atoms with Crippen LogP contribution in [0.4, 0.5) is 0 Å². The van der Waals surface area contributed by atoms with Crippen LogP contribution in [0.25, 0.3) is 10.6 Å². The van der Waals surface area contributed by atoms with Crippen LogP contribution < -0.4 is 4.74 Å². The fourth-order valence-electron chi connectivity index (χ4n) is 3.22. The van der Waals surface area contributed by atoms with E-state index < -0.39 is 9.84 Å².